The topological polar surface area (TPSA) is 67.9 Å². The predicted octanol–water partition coefficient (Wildman–Crippen LogP) is 1.26. The molecule has 0 unspecified atom stereocenters. The lowest BCUT2D eigenvalue weighted by Gasteiger charge is -1.92. The summed E-state index contributed by atoms with van der Waals surface area (Å²) in [5.74, 6) is -0.440. The minimum atomic E-state index is -0.440. The Morgan fingerprint density at radius 1 is 1.40 bits per heavy atom. The van der Waals surface area contributed by atoms with Gasteiger partial charge in [0.05, 0.1) is 12.8 Å². The van der Waals surface area contributed by atoms with Crippen LogP contribution in [0.1, 0.15) is 10.5 Å². The van der Waals surface area contributed by atoms with Crippen LogP contribution in [0.3, 0.4) is 0 Å². The number of carbonyl (C=O) groups is 1. The molecule has 0 atom stereocenters. The van der Waals surface area contributed by atoms with Gasteiger partial charge >= 0.3 is 5.97 Å². The quantitative estimate of drug-likeness (QED) is 0.746. The molecule has 1 N–H and O–H groups in total. The van der Waals surface area contributed by atoms with Crippen LogP contribution in [0.15, 0.2) is 30.5 Å². The van der Waals surface area contributed by atoms with Crippen LogP contribution in [0.5, 0.6) is 0 Å². The lowest BCUT2D eigenvalue weighted by atomic mass is 10.2. The molecular weight excluding hydrogens is 194 g/mol. The maximum atomic E-state index is 11.1. The molecular formula is C10H9N3O2. The van der Waals surface area contributed by atoms with Crippen molar-refractivity contribution in [3.8, 4) is 11.4 Å². The number of hydrogen-bond donors (Lipinski definition) is 1. The number of esters is 1. The lowest BCUT2D eigenvalue weighted by molar-refractivity contribution is 0.0594. The molecule has 2 aromatic rings. The highest BCUT2D eigenvalue weighted by molar-refractivity contribution is 5.88. The molecule has 0 saturated carbocycles. The van der Waals surface area contributed by atoms with E-state index in [-0.39, 0.29) is 0 Å². The van der Waals surface area contributed by atoms with E-state index in [0.29, 0.717) is 17.1 Å². The SMILES string of the molecule is COC(=O)c1cc(-c2ccccn2)n[nH]1. The molecule has 0 aromatic carbocycles. The van der Waals surface area contributed by atoms with E-state index in [4.69, 9.17) is 0 Å². The average Bonchev–Trinajstić information content (AvgIpc) is 2.78. The van der Waals surface area contributed by atoms with Crippen molar-refractivity contribution in [3.63, 3.8) is 0 Å². The van der Waals surface area contributed by atoms with Crippen LogP contribution in [-0.4, -0.2) is 28.3 Å². The van der Waals surface area contributed by atoms with Gasteiger partial charge in [0.15, 0.2) is 0 Å². The molecule has 5 nitrogen and oxygen atoms in total. The van der Waals surface area contributed by atoms with Crippen LogP contribution in [-0.2, 0) is 4.74 Å². The first-order valence-electron chi connectivity index (χ1n) is 4.36. The normalized spacial score (nSPS) is 9.93. The predicted molar refractivity (Wildman–Crippen MR) is 53.2 cm³/mol. The Labute approximate surface area is 86.1 Å². The Morgan fingerprint density at radius 2 is 2.27 bits per heavy atom. The van der Waals surface area contributed by atoms with Gasteiger partial charge in [-0.2, -0.15) is 5.10 Å². The van der Waals surface area contributed by atoms with Gasteiger partial charge in [-0.15, -0.1) is 0 Å². The van der Waals surface area contributed by atoms with Gasteiger partial charge in [-0.3, -0.25) is 10.1 Å². The zero-order valence-corrected chi connectivity index (χ0v) is 8.10. The number of aromatic amines is 1. The van der Waals surface area contributed by atoms with Crippen LogP contribution < -0.4 is 0 Å². The Kier molecular flexibility index (Phi) is 2.45. The standard InChI is InChI=1S/C10H9N3O2/c1-15-10(14)9-6-8(12-13-9)7-4-2-3-5-11-7/h2-6H,1H3,(H,12,13). The third kappa shape index (κ3) is 1.85. The van der Waals surface area contributed by atoms with Gasteiger partial charge in [-0.1, -0.05) is 6.07 Å². The monoisotopic (exact) mass is 203 g/mol. The van der Waals surface area contributed by atoms with Crippen LogP contribution >= 0.6 is 0 Å². The number of nitrogens with zero attached hydrogens (tertiary/aromatic N) is 2. The number of pyridine rings is 1. The van der Waals surface area contributed by atoms with Gasteiger partial charge in [0.1, 0.15) is 11.4 Å². The molecule has 0 spiro atoms. The second kappa shape index (κ2) is 3.91. The fourth-order valence-corrected chi connectivity index (χ4v) is 1.18. The zero-order valence-electron chi connectivity index (χ0n) is 8.10. The highest BCUT2D eigenvalue weighted by atomic mass is 16.5. The number of methoxy groups -OCH3 is 1. The summed E-state index contributed by atoms with van der Waals surface area (Å²) in [6.07, 6.45) is 1.67. The van der Waals surface area contributed by atoms with Crippen LogP contribution in [0.4, 0.5) is 0 Å². The number of aromatic nitrogens is 3. The fourth-order valence-electron chi connectivity index (χ4n) is 1.18. The van der Waals surface area contributed by atoms with Crippen molar-refractivity contribution in [2.45, 2.75) is 0 Å². The molecule has 2 heterocycles. The molecule has 2 aromatic heterocycles. The summed E-state index contributed by atoms with van der Waals surface area (Å²) >= 11 is 0. The van der Waals surface area contributed by atoms with E-state index in [1.54, 1.807) is 12.3 Å². The maximum Gasteiger partial charge on any atom is 0.356 e. The van der Waals surface area contributed by atoms with E-state index in [0.717, 1.165) is 0 Å². The van der Waals surface area contributed by atoms with Crippen LogP contribution in [0.25, 0.3) is 11.4 Å². The Balaban J connectivity index is 2.32. The van der Waals surface area contributed by atoms with E-state index in [2.05, 4.69) is 19.9 Å². The van der Waals surface area contributed by atoms with Gasteiger partial charge < -0.3 is 4.74 Å². The molecule has 0 radical (unpaired) electrons. The highest BCUT2D eigenvalue weighted by Gasteiger charge is 2.10. The Hall–Kier alpha value is -2.17. The molecule has 0 saturated heterocycles. The van der Waals surface area contributed by atoms with Crippen molar-refractivity contribution < 1.29 is 9.53 Å². The number of hydrogen-bond acceptors (Lipinski definition) is 4. The van der Waals surface area contributed by atoms with Crippen molar-refractivity contribution in [2.24, 2.45) is 0 Å². The molecule has 0 amide bonds. The summed E-state index contributed by atoms with van der Waals surface area (Å²) in [6, 6.07) is 7.09. The molecule has 0 bridgehead atoms. The number of rotatable bonds is 2. The average molecular weight is 203 g/mol. The molecule has 0 aliphatic rings. The second-order valence-corrected chi connectivity index (χ2v) is 2.87. The molecule has 0 fully saturated rings. The Morgan fingerprint density at radius 3 is 2.93 bits per heavy atom. The molecule has 2 rings (SSSR count). The highest BCUT2D eigenvalue weighted by Crippen LogP contribution is 2.14. The summed E-state index contributed by atoms with van der Waals surface area (Å²) < 4.78 is 4.55. The smallest absolute Gasteiger partial charge is 0.356 e. The van der Waals surface area contributed by atoms with Gasteiger partial charge in [0.25, 0.3) is 0 Å². The number of H-pyrrole nitrogens is 1. The van der Waals surface area contributed by atoms with E-state index >= 15 is 0 Å². The van der Waals surface area contributed by atoms with Gasteiger partial charge in [-0.05, 0) is 12.1 Å². The van der Waals surface area contributed by atoms with Crippen molar-refractivity contribution in [1.29, 1.82) is 0 Å². The Bertz CT molecular complexity index is 465. The summed E-state index contributed by atoms with van der Waals surface area (Å²) in [5, 5.41) is 6.56. The van der Waals surface area contributed by atoms with Crippen molar-refractivity contribution in [3.05, 3.63) is 36.2 Å². The summed E-state index contributed by atoms with van der Waals surface area (Å²) in [4.78, 5) is 15.3. The van der Waals surface area contributed by atoms with Crippen LogP contribution in [0.2, 0.25) is 0 Å². The van der Waals surface area contributed by atoms with Crippen LogP contribution in [0, 0.1) is 0 Å². The molecule has 5 heteroatoms. The van der Waals surface area contributed by atoms with E-state index in [1.807, 2.05) is 18.2 Å². The molecule has 0 aliphatic carbocycles. The minimum absolute atomic E-state index is 0.318. The number of nitrogens with one attached hydrogen (secondary N) is 1. The number of ether oxygens (including phenoxy) is 1. The lowest BCUT2D eigenvalue weighted by Crippen LogP contribution is -2.00. The summed E-state index contributed by atoms with van der Waals surface area (Å²) in [6.45, 7) is 0. The summed E-state index contributed by atoms with van der Waals surface area (Å²) in [5.41, 5.74) is 1.65. The minimum Gasteiger partial charge on any atom is -0.464 e. The van der Waals surface area contributed by atoms with Gasteiger partial charge in [0.2, 0.25) is 0 Å². The third-order valence-corrected chi connectivity index (χ3v) is 1.91. The second-order valence-electron chi connectivity index (χ2n) is 2.87. The molecule has 15 heavy (non-hydrogen) atoms. The number of carbonyl (C=O) groups excluding carboxylic acids is 1. The van der Waals surface area contributed by atoms with Crippen molar-refractivity contribution in [2.75, 3.05) is 7.11 Å². The largest absolute Gasteiger partial charge is 0.464 e. The maximum absolute atomic E-state index is 11.1. The first-order valence-corrected chi connectivity index (χ1v) is 4.36. The van der Waals surface area contributed by atoms with E-state index < -0.39 is 5.97 Å². The van der Waals surface area contributed by atoms with E-state index in [1.165, 1.54) is 7.11 Å². The summed E-state index contributed by atoms with van der Waals surface area (Å²) in [7, 11) is 1.32. The van der Waals surface area contributed by atoms with Gasteiger partial charge in [0, 0.05) is 12.3 Å². The van der Waals surface area contributed by atoms with Crippen molar-refractivity contribution in [1.82, 2.24) is 15.2 Å². The molecule has 0 aliphatic heterocycles. The van der Waals surface area contributed by atoms with E-state index in [9.17, 15) is 4.79 Å². The fraction of sp³-hybridized carbons (Fsp3) is 0.100. The zero-order chi connectivity index (χ0) is 10.7. The first kappa shape index (κ1) is 9.39. The van der Waals surface area contributed by atoms with Gasteiger partial charge in [-0.25, -0.2) is 4.79 Å². The molecule has 76 valence electrons. The van der Waals surface area contributed by atoms with Crippen molar-refractivity contribution >= 4 is 5.97 Å². The first-order chi connectivity index (χ1) is 7.31. The third-order valence-electron chi connectivity index (χ3n) is 1.91.